The second-order valence-electron chi connectivity index (χ2n) is 12.0. The number of benzene rings is 3. The van der Waals surface area contributed by atoms with Crippen LogP contribution in [0.2, 0.25) is 0 Å². The highest BCUT2D eigenvalue weighted by Crippen LogP contribution is 2.47. The third-order valence-corrected chi connectivity index (χ3v) is 10.1. The third-order valence-electron chi connectivity index (χ3n) is 8.75. The van der Waals surface area contributed by atoms with Crippen LogP contribution in [-0.4, -0.2) is 32.5 Å². The van der Waals surface area contributed by atoms with E-state index in [4.69, 9.17) is 21.7 Å². The minimum Gasteiger partial charge on any atom is -0.481 e. The van der Waals surface area contributed by atoms with Crippen LogP contribution in [0.25, 0.3) is 11.1 Å². The molecule has 5 nitrogen and oxygen atoms in total. The lowest BCUT2D eigenvalue weighted by Gasteiger charge is -2.19. The Labute approximate surface area is 274 Å². The molecule has 1 heterocycles. The number of anilines is 1. The number of alkyl halides is 1. The van der Waals surface area contributed by atoms with Crippen molar-refractivity contribution in [1.82, 2.24) is 0 Å². The molecule has 2 N–H and O–H groups in total. The normalized spacial score (nSPS) is 17.8. The van der Waals surface area contributed by atoms with Crippen molar-refractivity contribution < 1.29 is 14.5 Å². The first-order valence-electron chi connectivity index (χ1n) is 15.3. The number of aliphatic carboxylic acids is 1. The summed E-state index contributed by atoms with van der Waals surface area (Å²) in [6.07, 6.45) is 9.44. The number of carboxylic acid groups (broad SMARTS) is 1. The zero-order valence-electron chi connectivity index (χ0n) is 25.6. The summed E-state index contributed by atoms with van der Waals surface area (Å²) in [5.74, 6) is -0.735. The Morgan fingerprint density at radius 3 is 2.55 bits per heavy atom. The van der Waals surface area contributed by atoms with E-state index in [9.17, 15) is 4.79 Å². The zero-order chi connectivity index (χ0) is 31.3. The van der Waals surface area contributed by atoms with E-state index in [0.29, 0.717) is 6.42 Å². The smallest absolute Gasteiger partial charge is 0.303 e. The number of nitrogens with one attached hydrogen (secondary N) is 1. The molecule has 7 heteroatoms. The minimum absolute atomic E-state index is 0.106. The molecular formula is C37H40BrClN3O2+. The topological polar surface area (TPSA) is 64.7 Å². The van der Waals surface area contributed by atoms with Crippen molar-refractivity contribution in [3.8, 4) is 11.1 Å². The summed E-state index contributed by atoms with van der Waals surface area (Å²) in [7, 11) is 0. The van der Waals surface area contributed by atoms with Crippen molar-refractivity contribution in [2.24, 2.45) is 4.99 Å². The van der Waals surface area contributed by atoms with Crippen LogP contribution < -0.4 is 5.32 Å². The van der Waals surface area contributed by atoms with Crippen LogP contribution in [0.3, 0.4) is 0 Å². The number of carbonyl (C=O) groups is 1. The molecule has 1 atom stereocenters. The second-order valence-corrected chi connectivity index (χ2v) is 13.5. The van der Waals surface area contributed by atoms with Crippen LogP contribution in [0.15, 0.2) is 100 Å². The maximum atomic E-state index is 10.9. The Morgan fingerprint density at radius 2 is 1.82 bits per heavy atom. The van der Waals surface area contributed by atoms with Crippen molar-refractivity contribution in [3.05, 3.63) is 101 Å². The van der Waals surface area contributed by atoms with Gasteiger partial charge in [-0.2, -0.15) is 4.58 Å². The Balaban J connectivity index is 1.33. The van der Waals surface area contributed by atoms with Crippen molar-refractivity contribution in [2.45, 2.75) is 76.1 Å². The molecule has 5 rings (SSSR count). The Bertz CT molecular complexity index is 1640. The van der Waals surface area contributed by atoms with Crippen molar-refractivity contribution in [3.63, 3.8) is 0 Å². The van der Waals surface area contributed by atoms with E-state index in [1.165, 1.54) is 22.5 Å². The molecule has 44 heavy (non-hydrogen) atoms. The summed E-state index contributed by atoms with van der Waals surface area (Å²) < 4.78 is 2.39. The standard InChI is InChI=1S/C37H39BrClN3O2/c1-25-37(2,3)35-31(15-10-16-32(35)42(25)33(38)17-7-8-18-34(43)44)26-19-21-30(22-20-26)41-24-28-12-9-11-27(36(28)39)23-40-29-13-5-4-6-14-29/h4-6,10,13-16,19-24,33H,7-9,11-12,17-18H2,1-3H3,(H-,40,41,43,44)/p+1. The summed E-state index contributed by atoms with van der Waals surface area (Å²) in [5.41, 5.74) is 10.1. The summed E-state index contributed by atoms with van der Waals surface area (Å²) in [4.78, 5) is 15.8. The van der Waals surface area contributed by atoms with Gasteiger partial charge >= 0.3 is 5.97 Å². The van der Waals surface area contributed by atoms with Crippen LogP contribution in [0.4, 0.5) is 17.1 Å². The first-order valence-corrected chi connectivity index (χ1v) is 16.6. The van der Waals surface area contributed by atoms with Crippen LogP contribution in [0.5, 0.6) is 0 Å². The molecule has 3 aromatic carbocycles. The molecule has 2 aliphatic rings. The lowest BCUT2D eigenvalue weighted by atomic mass is 9.78. The molecule has 0 aromatic heterocycles. The van der Waals surface area contributed by atoms with Gasteiger partial charge in [0.15, 0.2) is 5.71 Å². The molecule has 1 aliphatic heterocycles. The Morgan fingerprint density at radius 1 is 1.07 bits per heavy atom. The van der Waals surface area contributed by atoms with Gasteiger partial charge in [0.1, 0.15) is 0 Å². The largest absolute Gasteiger partial charge is 0.481 e. The number of unbranched alkanes of at least 4 members (excludes halogenated alkanes) is 1. The molecular weight excluding hydrogens is 634 g/mol. The monoisotopic (exact) mass is 672 g/mol. The average Bonchev–Trinajstić information content (AvgIpc) is 3.23. The van der Waals surface area contributed by atoms with Crippen molar-refractivity contribution >= 4 is 62.5 Å². The van der Waals surface area contributed by atoms with Crippen LogP contribution in [-0.2, 0) is 10.2 Å². The molecule has 0 amide bonds. The van der Waals surface area contributed by atoms with E-state index in [-0.39, 0.29) is 16.8 Å². The van der Waals surface area contributed by atoms with Crippen LogP contribution in [0, 0.1) is 0 Å². The van der Waals surface area contributed by atoms with E-state index in [1.54, 1.807) is 0 Å². The molecule has 0 saturated heterocycles. The Kier molecular flexibility index (Phi) is 10.2. The molecule has 0 saturated carbocycles. The number of para-hydroxylation sites is 1. The van der Waals surface area contributed by atoms with E-state index in [2.05, 4.69) is 89.1 Å². The lowest BCUT2D eigenvalue weighted by Crippen LogP contribution is -2.29. The van der Waals surface area contributed by atoms with Gasteiger partial charge < -0.3 is 10.4 Å². The van der Waals surface area contributed by atoms with Crippen molar-refractivity contribution in [1.29, 1.82) is 0 Å². The SMILES string of the molecule is CC1=[N+](C(Br)CCCCC(=O)O)c2cccc(-c3ccc(N=CC4=C(Cl)C(=CNc5ccccc5)CCC4)cc3)c2C1(C)C. The highest BCUT2D eigenvalue weighted by molar-refractivity contribution is 9.09. The number of nitrogens with zero attached hydrogens (tertiary/aromatic N) is 2. The number of hydrogen-bond donors (Lipinski definition) is 2. The predicted octanol–water partition coefficient (Wildman–Crippen LogP) is 10.5. The number of allylic oxidation sites excluding steroid dienone is 3. The second kappa shape index (κ2) is 14.1. The summed E-state index contributed by atoms with van der Waals surface area (Å²) in [6.45, 7) is 6.77. The molecule has 3 aromatic rings. The van der Waals surface area contributed by atoms with Gasteiger partial charge in [-0.15, -0.1) is 0 Å². The van der Waals surface area contributed by atoms with E-state index in [0.717, 1.165) is 65.2 Å². The molecule has 0 bridgehead atoms. The lowest BCUT2D eigenvalue weighted by molar-refractivity contribution is -0.453. The zero-order valence-corrected chi connectivity index (χ0v) is 28.0. The number of fused-ring (bicyclic) bond motifs is 1. The number of rotatable bonds is 11. The van der Waals surface area contributed by atoms with Gasteiger partial charge in [0, 0.05) is 54.5 Å². The highest BCUT2D eigenvalue weighted by atomic mass is 79.9. The van der Waals surface area contributed by atoms with E-state index < -0.39 is 5.97 Å². The van der Waals surface area contributed by atoms with Crippen molar-refractivity contribution in [2.75, 3.05) is 5.32 Å². The number of hydrogen-bond acceptors (Lipinski definition) is 3. The fourth-order valence-corrected chi connectivity index (χ4v) is 7.26. The summed E-state index contributed by atoms with van der Waals surface area (Å²) in [6, 6.07) is 25.1. The van der Waals surface area contributed by atoms with Gasteiger partial charge in [-0.25, -0.2) is 0 Å². The average molecular weight is 674 g/mol. The fourth-order valence-electron chi connectivity index (χ4n) is 6.12. The first kappa shape index (κ1) is 31.9. The quantitative estimate of drug-likeness (QED) is 0.0700. The molecule has 0 spiro atoms. The third kappa shape index (κ3) is 7.08. The van der Waals surface area contributed by atoms with Gasteiger partial charge in [0.05, 0.1) is 11.1 Å². The number of halogens is 2. The molecule has 0 fully saturated rings. The first-order chi connectivity index (χ1) is 21.2. The summed E-state index contributed by atoms with van der Waals surface area (Å²) >= 11 is 10.7. The van der Waals surface area contributed by atoms with E-state index in [1.807, 2.05) is 42.7 Å². The molecule has 0 radical (unpaired) electrons. The summed E-state index contributed by atoms with van der Waals surface area (Å²) in [5, 5.41) is 13.1. The maximum Gasteiger partial charge on any atom is 0.303 e. The molecule has 1 unspecified atom stereocenters. The predicted molar refractivity (Wildman–Crippen MR) is 187 cm³/mol. The van der Waals surface area contributed by atoms with E-state index >= 15 is 0 Å². The van der Waals surface area contributed by atoms with Crippen LogP contribution >= 0.6 is 27.5 Å². The minimum atomic E-state index is -0.735. The van der Waals surface area contributed by atoms with Gasteiger partial charge in [-0.3, -0.25) is 9.79 Å². The molecule has 1 aliphatic carbocycles. The fraction of sp³-hybridized carbons (Fsp3) is 0.324. The highest BCUT2D eigenvalue weighted by Gasteiger charge is 2.46. The number of aliphatic imine (C=N–C) groups is 1. The maximum absolute atomic E-state index is 10.9. The van der Waals surface area contributed by atoms with Gasteiger partial charge in [0.25, 0.3) is 0 Å². The van der Waals surface area contributed by atoms with Gasteiger partial charge in [-0.1, -0.05) is 54.1 Å². The van der Waals surface area contributed by atoms with Gasteiger partial charge in [-0.05, 0) is 108 Å². The number of carboxylic acids is 1. The molecule has 228 valence electrons. The Hall–Kier alpha value is -3.48. The van der Waals surface area contributed by atoms with Crippen LogP contribution in [0.1, 0.15) is 71.3 Å². The van der Waals surface area contributed by atoms with Gasteiger partial charge in [0.2, 0.25) is 10.6 Å².